The van der Waals surface area contributed by atoms with Crippen LogP contribution in [0.4, 0.5) is 0 Å². The fraction of sp³-hybridized carbons (Fsp3) is 0.0794. The molecule has 2 aliphatic carbocycles. The molecule has 0 spiro atoms. The van der Waals surface area contributed by atoms with Gasteiger partial charge in [-0.15, -0.1) is 0 Å². The highest BCUT2D eigenvalue weighted by Gasteiger charge is 2.34. The number of nitrogens with zero attached hydrogens (tertiary/aromatic N) is 6. The van der Waals surface area contributed by atoms with Crippen molar-refractivity contribution in [1.82, 2.24) is 29.1 Å². The standard InChI is InChI=1S/C63H46N6/c1-41-38-57-58(51-26-14-16-28-55(51)68(57)49-36-32-47(33-37-49)63-66-61(45-22-10-4-11-23-45)65-62(67-63)46-24-12-5-13-25-46)59-52-27-15-17-29-56(52)69(60(41)59)50-34-30-42(31-35-50)48-39-53(43-18-6-2-7-19-43)64-54(40-48)44-20-8-3-9-21-44/h2-12,14-24,26-37,39-41H,13,25,38H2,1H3. The second kappa shape index (κ2) is 16.8. The monoisotopic (exact) mass is 886 g/mol. The maximum absolute atomic E-state index is 5.14. The molecule has 4 heterocycles. The summed E-state index contributed by atoms with van der Waals surface area (Å²) in [6.07, 6.45) is 9.19. The van der Waals surface area contributed by atoms with Crippen LogP contribution in [0.25, 0.3) is 106 Å². The summed E-state index contributed by atoms with van der Waals surface area (Å²) in [5.41, 5.74) is 19.5. The normalized spacial score (nSPS) is 14.2. The molecule has 13 rings (SSSR count). The molecule has 0 aliphatic heterocycles. The van der Waals surface area contributed by atoms with Crippen molar-refractivity contribution >= 4 is 27.4 Å². The Bertz CT molecular complexity index is 3730. The van der Waals surface area contributed by atoms with Gasteiger partial charge in [0.15, 0.2) is 17.5 Å². The first-order chi connectivity index (χ1) is 34.1. The Morgan fingerprint density at radius 1 is 0.435 bits per heavy atom. The largest absolute Gasteiger partial charge is 0.313 e. The third kappa shape index (κ3) is 7.11. The lowest BCUT2D eigenvalue weighted by Crippen LogP contribution is -2.14. The number of hydrogen-bond donors (Lipinski definition) is 0. The van der Waals surface area contributed by atoms with Gasteiger partial charge in [-0.05, 0) is 96.6 Å². The van der Waals surface area contributed by atoms with Crippen molar-refractivity contribution < 1.29 is 0 Å². The summed E-state index contributed by atoms with van der Waals surface area (Å²) in [5, 5.41) is 2.52. The van der Waals surface area contributed by atoms with E-state index in [0.717, 1.165) is 86.8 Å². The van der Waals surface area contributed by atoms with Crippen LogP contribution >= 0.6 is 0 Å². The lowest BCUT2D eigenvalue weighted by Gasteiger charge is -2.25. The maximum atomic E-state index is 5.14. The van der Waals surface area contributed by atoms with Gasteiger partial charge in [-0.2, -0.15) is 0 Å². The van der Waals surface area contributed by atoms with E-state index >= 15 is 0 Å². The minimum atomic E-state index is 0.230. The number of benzene rings is 7. The van der Waals surface area contributed by atoms with E-state index in [1.807, 2.05) is 18.2 Å². The second-order valence-corrected chi connectivity index (χ2v) is 18.2. The average Bonchev–Trinajstić information content (AvgIpc) is 3.95. The summed E-state index contributed by atoms with van der Waals surface area (Å²) in [6, 6.07) is 71.4. The van der Waals surface area contributed by atoms with E-state index in [9.17, 15) is 0 Å². The molecule has 0 saturated carbocycles. The number of rotatable bonds is 8. The van der Waals surface area contributed by atoms with Crippen LogP contribution in [0.3, 0.4) is 0 Å². The van der Waals surface area contributed by atoms with Gasteiger partial charge in [0.25, 0.3) is 0 Å². The Balaban J connectivity index is 0.910. The number of aromatic nitrogens is 6. The molecular weight excluding hydrogens is 841 g/mol. The molecule has 0 saturated heterocycles. The van der Waals surface area contributed by atoms with E-state index in [1.54, 1.807) is 0 Å². The van der Waals surface area contributed by atoms with Crippen LogP contribution in [0.2, 0.25) is 0 Å². The van der Waals surface area contributed by atoms with Crippen molar-refractivity contribution in [1.29, 1.82) is 0 Å². The van der Waals surface area contributed by atoms with Crippen molar-refractivity contribution in [2.45, 2.75) is 32.1 Å². The average molecular weight is 887 g/mol. The molecular formula is C63H46N6. The highest BCUT2D eigenvalue weighted by atomic mass is 15.0. The summed E-state index contributed by atoms with van der Waals surface area (Å²) in [4.78, 5) is 20.2. The molecule has 1 unspecified atom stereocenters. The van der Waals surface area contributed by atoms with Crippen LogP contribution in [0, 0.1) is 0 Å². The molecule has 0 fully saturated rings. The lowest BCUT2D eigenvalue weighted by molar-refractivity contribution is 0.685. The molecule has 328 valence electrons. The zero-order valence-corrected chi connectivity index (χ0v) is 38.2. The minimum absolute atomic E-state index is 0.230. The number of pyridine rings is 1. The fourth-order valence-electron chi connectivity index (χ4n) is 10.6. The van der Waals surface area contributed by atoms with Crippen molar-refractivity contribution in [3.63, 3.8) is 0 Å². The molecule has 6 nitrogen and oxygen atoms in total. The van der Waals surface area contributed by atoms with Crippen LogP contribution in [-0.4, -0.2) is 29.1 Å². The first-order valence-electron chi connectivity index (χ1n) is 23.9. The molecule has 0 radical (unpaired) electrons. The molecule has 0 bridgehead atoms. The Labute approximate surface area is 401 Å². The Morgan fingerprint density at radius 2 is 0.928 bits per heavy atom. The van der Waals surface area contributed by atoms with Crippen LogP contribution in [0.1, 0.15) is 42.9 Å². The predicted octanol–water partition coefficient (Wildman–Crippen LogP) is 15.5. The first kappa shape index (κ1) is 40.5. The van der Waals surface area contributed by atoms with Crippen molar-refractivity contribution in [2.24, 2.45) is 0 Å². The van der Waals surface area contributed by atoms with Crippen LogP contribution < -0.4 is 0 Å². The van der Waals surface area contributed by atoms with Gasteiger partial charge >= 0.3 is 0 Å². The van der Waals surface area contributed by atoms with Crippen LogP contribution in [-0.2, 0) is 6.42 Å². The third-order valence-corrected chi connectivity index (χ3v) is 13.9. The van der Waals surface area contributed by atoms with E-state index in [4.69, 9.17) is 19.9 Å². The highest BCUT2D eigenvalue weighted by molar-refractivity contribution is 6.10. The van der Waals surface area contributed by atoms with Gasteiger partial charge in [0.2, 0.25) is 0 Å². The van der Waals surface area contributed by atoms with Gasteiger partial charge in [0, 0.05) is 72.8 Å². The van der Waals surface area contributed by atoms with E-state index in [1.165, 1.54) is 44.3 Å². The minimum Gasteiger partial charge on any atom is -0.313 e. The zero-order valence-electron chi connectivity index (χ0n) is 38.2. The summed E-state index contributed by atoms with van der Waals surface area (Å²) >= 11 is 0. The quantitative estimate of drug-likeness (QED) is 0.152. The van der Waals surface area contributed by atoms with Crippen molar-refractivity contribution in [2.75, 3.05) is 0 Å². The predicted molar refractivity (Wildman–Crippen MR) is 282 cm³/mol. The van der Waals surface area contributed by atoms with Crippen LogP contribution in [0.15, 0.2) is 218 Å². The number of allylic oxidation sites excluding steroid dienone is 4. The lowest BCUT2D eigenvalue weighted by atomic mass is 9.85. The van der Waals surface area contributed by atoms with Crippen LogP contribution in [0.5, 0.6) is 0 Å². The molecule has 2 aliphatic rings. The van der Waals surface area contributed by atoms with Crippen molar-refractivity contribution in [3.8, 4) is 78.9 Å². The van der Waals surface area contributed by atoms with Gasteiger partial charge < -0.3 is 9.13 Å². The van der Waals surface area contributed by atoms with E-state index in [2.05, 4.69) is 216 Å². The fourth-order valence-corrected chi connectivity index (χ4v) is 10.6. The highest BCUT2D eigenvalue weighted by Crippen LogP contribution is 2.51. The number of fused-ring (bicyclic) bond motifs is 7. The zero-order chi connectivity index (χ0) is 45.8. The number of para-hydroxylation sites is 2. The maximum Gasteiger partial charge on any atom is 0.164 e. The smallest absolute Gasteiger partial charge is 0.164 e. The molecule has 11 aromatic rings. The van der Waals surface area contributed by atoms with Crippen molar-refractivity contribution in [3.05, 3.63) is 236 Å². The molecule has 0 amide bonds. The molecule has 4 aromatic heterocycles. The summed E-state index contributed by atoms with van der Waals surface area (Å²) in [5.74, 6) is 2.33. The SMILES string of the molecule is CC1Cc2c(c3ccccc3n2-c2ccc(-c3nc(C4=CC=CCC4)nc(-c4ccccc4)n3)cc2)-c2c1n(-c1ccc(-c3cc(-c4ccccc4)nc(-c4ccccc4)c3)cc1)c1ccccc21. The van der Waals surface area contributed by atoms with E-state index in [-0.39, 0.29) is 5.92 Å². The molecule has 69 heavy (non-hydrogen) atoms. The summed E-state index contributed by atoms with van der Waals surface area (Å²) in [7, 11) is 0. The third-order valence-electron chi connectivity index (χ3n) is 13.9. The summed E-state index contributed by atoms with van der Waals surface area (Å²) < 4.78 is 5.01. The van der Waals surface area contributed by atoms with Gasteiger partial charge in [0.1, 0.15) is 0 Å². The second-order valence-electron chi connectivity index (χ2n) is 18.2. The Hall–Kier alpha value is -8.74. The summed E-state index contributed by atoms with van der Waals surface area (Å²) in [6.45, 7) is 2.39. The van der Waals surface area contributed by atoms with Gasteiger partial charge in [0.05, 0.1) is 22.4 Å². The molecule has 1 atom stereocenters. The topological polar surface area (TPSA) is 61.4 Å². The van der Waals surface area contributed by atoms with E-state index < -0.39 is 0 Å². The first-order valence-corrected chi connectivity index (χ1v) is 23.9. The van der Waals surface area contributed by atoms with Gasteiger partial charge in [-0.1, -0.05) is 165 Å². The van der Waals surface area contributed by atoms with E-state index in [0.29, 0.717) is 11.6 Å². The molecule has 7 aromatic carbocycles. The van der Waals surface area contributed by atoms with Gasteiger partial charge in [-0.3, -0.25) is 0 Å². The molecule has 0 N–H and O–H groups in total. The van der Waals surface area contributed by atoms with Gasteiger partial charge in [-0.25, -0.2) is 19.9 Å². The Morgan fingerprint density at radius 3 is 1.52 bits per heavy atom. The number of hydrogen-bond acceptors (Lipinski definition) is 4. The Kier molecular flexibility index (Phi) is 9.90. The molecule has 6 heteroatoms.